The number of hydrogen-bond acceptors (Lipinski definition) is 4. The molecule has 3 aliphatic carbocycles. The van der Waals surface area contributed by atoms with Crippen molar-refractivity contribution in [1.82, 2.24) is 20.0 Å². The van der Waals surface area contributed by atoms with Gasteiger partial charge in [0.05, 0.1) is 6.10 Å². The minimum Gasteiger partial charge on any atom is -0.379 e. The van der Waals surface area contributed by atoms with E-state index in [1.807, 2.05) is 26.0 Å². The van der Waals surface area contributed by atoms with Crippen LogP contribution in [0.5, 0.6) is 0 Å². The molecule has 3 atom stereocenters. The van der Waals surface area contributed by atoms with Gasteiger partial charge >= 0.3 is 0 Å². The number of hydrogen-bond donors (Lipinski definition) is 2. The van der Waals surface area contributed by atoms with E-state index in [0.29, 0.717) is 54.0 Å². The van der Waals surface area contributed by atoms with Crippen LogP contribution in [0.25, 0.3) is 5.65 Å². The highest BCUT2D eigenvalue weighted by molar-refractivity contribution is 5.95. The van der Waals surface area contributed by atoms with Gasteiger partial charge < -0.3 is 15.4 Å². The predicted octanol–water partition coefficient (Wildman–Crippen LogP) is 3.68. The third kappa shape index (κ3) is 4.53. The molecule has 2 bridgehead atoms. The van der Waals surface area contributed by atoms with E-state index >= 15 is 0 Å². The second-order valence-electron chi connectivity index (χ2n) is 10.2. The summed E-state index contributed by atoms with van der Waals surface area (Å²) in [5, 5.41) is 6.02. The number of amides is 2. The van der Waals surface area contributed by atoms with Crippen LogP contribution in [-0.2, 0) is 4.74 Å². The van der Waals surface area contributed by atoms with Crippen LogP contribution in [0, 0.1) is 23.2 Å². The molecule has 0 unspecified atom stereocenters. The topological polar surface area (TPSA) is 84.7 Å². The number of carbonyl (C=O) groups is 2. The number of imidazole rings is 1. The Balaban J connectivity index is 1.36. The minimum absolute atomic E-state index is 0.120. The molecule has 2 aromatic rings. The number of nitrogens with zero attached hydrogens (tertiary/aromatic N) is 2. The molecule has 0 spiro atoms. The first-order chi connectivity index (χ1) is 15.3. The fourth-order valence-corrected chi connectivity index (χ4v) is 5.51. The van der Waals surface area contributed by atoms with Crippen molar-refractivity contribution >= 4 is 17.5 Å². The van der Waals surface area contributed by atoms with Crippen molar-refractivity contribution in [3.05, 3.63) is 35.8 Å². The van der Waals surface area contributed by atoms with Crippen molar-refractivity contribution in [2.45, 2.75) is 59.5 Å². The highest BCUT2D eigenvalue weighted by Crippen LogP contribution is 2.61. The Morgan fingerprint density at radius 2 is 2.03 bits per heavy atom. The van der Waals surface area contributed by atoms with Crippen LogP contribution in [0.1, 0.15) is 74.4 Å². The Kier molecular flexibility index (Phi) is 6.56. The van der Waals surface area contributed by atoms with Crippen LogP contribution in [0.3, 0.4) is 0 Å². The maximum Gasteiger partial charge on any atom is 0.271 e. The van der Waals surface area contributed by atoms with Crippen LogP contribution in [0.15, 0.2) is 24.4 Å². The van der Waals surface area contributed by atoms with Crippen LogP contribution >= 0.6 is 0 Å². The van der Waals surface area contributed by atoms with Crippen LogP contribution in [0.4, 0.5) is 0 Å². The molecule has 174 valence electrons. The monoisotopic (exact) mass is 440 g/mol. The fourth-order valence-electron chi connectivity index (χ4n) is 5.51. The lowest BCUT2D eigenvalue weighted by Gasteiger charge is -2.60. The maximum atomic E-state index is 13.0. The van der Waals surface area contributed by atoms with Gasteiger partial charge in [-0.2, -0.15) is 0 Å². The van der Waals surface area contributed by atoms with E-state index in [1.54, 1.807) is 16.7 Å². The molecular weight excluding hydrogens is 404 g/mol. The number of fused-ring (bicyclic) bond motifs is 3. The second kappa shape index (κ2) is 9.22. The Labute approximate surface area is 190 Å². The number of rotatable bonds is 9. The van der Waals surface area contributed by atoms with E-state index in [9.17, 15) is 9.59 Å². The van der Waals surface area contributed by atoms with Crippen molar-refractivity contribution in [3.63, 3.8) is 0 Å². The summed E-state index contributed by atoms with van der Waals surface area (Å²) < 4.78 is 7.20. The zero-order valence-electron chi connectivity index (χ0n) is 19.7. The highest BCUT2D eigenvalue weighted by atomic mass is 16.5. The Morgan fingerprint density at radius 1 is 1.22 bits per heavy atom. The largest absolute Gasteiger partial charge is 0.379 e. The third-order valence-corrected chi connectivity index (χ3v) is 7.54. The summed E-state index contributed by atoms with van der Waals surface area (Å²) in [4.78, 5) is 29.9. The summed E-state index contributed by atoms with van der Waals surface area (Å²) in [6, 6.07) is 5.39. The number of aromatic nitrogens is 2. The normalized spacial score (nSPS) is 23.7. The summed E-state index contributed by atoms with van der Waals surface area (Å²) >= 11 is 0. The molecule has 2 N–H and O–H groups in total. The summed E-state index contributed by atoms with van der Waals surface area (Å²) in [6.45, 7) is 10.5. The molecule has 3 aliphatic rings. The summed E-state index contributed by atoms with van der Waals surface area (Å²) in [7, 11) is 0. The molecule has 32 heavy (non-hydrogen) atoms. The van der Waals surface area contributed by atoms with E-state index < -0.39 is 0 Å². The lowest BCUT2D eigenvalue weighted by Crippen LogP contribution is -2.54. The molecule has 2 aromatic heterocycles. The van der Waals surface area contributed by atoms with Gasteiger partial charge in [0.2, 0.25) is 0 Å². The maximum absolute atomic E-state index is 13.0. The zero-order valence-corrected chi connectivity index (χ0v) is 19.7. The lowest BCUT2D eigenvalue weighted by atomic mass is 9.45. The van der Waals surface area contributed by atoms with Gasteiger partial charge in [-0.05, 0) is 74.8 Å². The molecule has 5 rings (SSSR count). The first-order valence-corrected chi connectivity index (χ1v) is 11.9. The summed E-state index contributed by atoms with van der Waals surface area (Å²) in [5.41, 5.74) is 1.80. The smallest absolute Gasteiger partial charge is 0.271 e. The molecule has 2 heterocycles. The Bertz CT molecular complexity index is 979. The van der Waals surface area contributed by atoms with Gasteiger partial charge in [0.25, 0.3) is 11.8 Å². The van der Waals surface area contributed by atoms with E-state index in [0.717, 1.165) is 12.3 Å². The molecule has 0 saturated heterocycles. The molecule has 0 aromatic carbocycles. The molecule has 7 heteroatoms. The standard InChI is InChI=1S/C25H36N4O3/c1-16(2)32-12-6-11-26-23(30)20-15-29-21(7-5-8-22(29)28-20)24(31)27-14-17-9-10-18-13-19(17)25(18,3)4/h5,7-8,15-19H,6,9-14H2,1-4H3,(H,26,30)(H,27,31)/t17-,18-,19-/m0/s1. The molecule has 0 aliphatic heterocycles. The number of ether oxygens (including phenoxy) is 1. The van der Waals surface area contributed by atoms with Gasteiger partial charge in [0.1, 0.15) is 17.0 Å². The van der Waals surface area contributed by atoms with E-state index in [4.69, 9.17) is 4.74 Å². The van der Waals surface area contributed by atoms with Gasteiger partial charge in [0.15, 0.2) is 0 Å². The van der Waals surface area contributed by atoms with Crippen molar-refractivity contribution in [1.29, 1.82) is 0 Å². The van der Waals surface area contributed by atoms with Crippen LogP contribution in [0.2, 0.25) is 0 Å². The molecule has 0 radical (unpaired) electrons. The van der Waals surface area contributed by atoms with E-state index in [-0.39, 0.29) is 17.9 Å². The molecule has 3 saturated carbocycles. The second-order valence-corrected chi connectivity index (χ2v) is 10.2. The van der Waals surface area contributed by atoms with Gasteiger partial charge in [-0.15, -0.1) is 0 Å². The number of nitrogens with one attached hydrogen (secondary N) is 2. The molecule has 2 amide bonds. The summed E-state index contributed by atoms with van der Waals surface area (Å²) in [6.07, 6.45) is 6.33. The van der Waals surface area contributed by atoms with Crippen molar-refractivity contribution in [3.8, 4) is 0 Å². The average Bonchev–Trinajstić information content (AvgIpc) is 3.21. The van der Waals surface area contributed by atoms with Gasteiger partial charge in [-0.1, -0.05) is 19.9 Å². The number of pyridine rings is 1. The van der Waals surface area contributed by atoms with E-state index in [1.165, 1.54) is 19.3 Å². The van der Waals surface area contributed by atoms with Crippen LogP contribution < -0.4 is 10.6 Å². The van der Waals surface area contributed by atoms with Gasteiger partial charge in [-0.3, -0.25) is 14.0 Å². The molecule has 7 nitrogen and oxygen atoms in total. The highest BCUT2D eigenvalue weighted by Gasteiger charge is 2.53. The quantitative estimate of drug-likeness (QED) is 0.583. The van der Waals surface area contributed by atoms with Crippen molar-refractivity contribution in [2.24, 2.45) is 23.2 Å². The zero-order chi connectivity index (χ0) is 22.9. The Hall–Kier alpha value is -2.41. The number of carbonyl (C=O) groups excluding carboxylic acids is 2. The average molecular weight is 441 g/mol. The van der Waals surface area contributed by atoms with E-state index in [2.05, 4.69) is 29.5 Å². The molecule has 3 fully saturated rings. The van der Waals surface area contributed by atoms with Crippen LogP contribution in [-0.4, -0.2) is 47.0 Å². The molecular formula is C25H36N4O3. The first kappa shape index (κ1) is 22.8. The fraction of sp³-hybridized carbons (Fsp3) is 0.640. The van der Waals surface area contributed by atoms with Gasteiger partial charge in [0, 0.05) is 25.9 Å². The lowest BCUT2D eigenvalue weighted by molar-refractivity contribution is -0.103. The first-order valence-electron chi connectivity index (χ1n) is 11.9. The third-order valence-electron chi connectivity index (χ3n) is 7.54. The van der Waals surface area contributed by atoms with Crippen molar-refractivity contribution < 1.29 is 14.3 Å². The van der Waals surface area contributed by atoms with Gasteiger partial charge in [-0.25, -0.2) is 4.98 Å². The summed E-state index contributed by atoms with van der Waals surface area (Å²) in [5.74, 6) is 1.74. The van der Waals surface area contributed by atoms with Crippen molar-refractivity contribution in [2.75, 3.05) is 19.7 Å². The Morgan fingerprint density at radius 3 is 2.75 bits per heavy atom. The SMILES string of the molecule is CC(C)OCCCNC(=O)c1cn2c(C(=O)NC[C@@H]3CC[C@H]4C[C@@H]3C4(C)C)cccc2n1. The predicted molar refractivity (Wildman–Crippen MR) is 124 cm³/mol. The minimum atomic E-state index is -0.242.